The molecule has 1 fully saturated rings. The summed E-state index contributed by atoms with van der Waals surface area (Å²) in [6.07, 6.45) is 6.94. The summed E-state index contributed by atoms with van der Waals surface area (Å²) in [4.78, 5) is 35.2. The Bertz CT molecular complexity index is 563. The van der Waals surface area contributed by atoms with Crippen molar-refractivity contribution in [3.05, 3.63) is 12.2 Å². The van der Waals surface area contributed by atoms with Gasteiger partial charge in [-0.1, -0.05) is 25.5 Å². The Morgan fingerprint density at radius 1 is 1.25 bits per heavy atom. The van der Waals surface area contributed by atoms with Crippen LogP contribution in [0, 0.1) is 11.8 Å². The number of thiol groups is 1. The van der Waals surface area contributed by atoms with E-state index >= 15 is 0 Å². The summed E-state index contributed by atoms with van der Waals surface area (Å²) in [5.74, 6) is -4.93. The minimum atomic E-state index is -3.28. The fourth-order valence-corrected chi connectivity index (χ4v) is 4.10. The molecule has 0 N–H and O–H groups in total. The van der Waals surface area contributed by atoms with Gasteiger partial charge in [-0.05, 0) is 38.0 Å². The second kappa shape index (κ2) is 12.3. The number of hydrogen-bond donors (Lipinski definition) is 1. The van der Waals surface area contributed by atoms with E-state index in [4.69, 9.17) is 0 Å². The zero-order valence-electron chi connectivity index (χ0n) is 16.8. The predicted molar refractivity (Wildman–Crippen MR) is 108 cm³/mol. The average Bonchev–Trinajstić information content (AvgIpc) is 2.93. The van der Waals surface area contributed by atoms with Crippen molar-refractivity contribution in [1.29, 1.82) is 0 Å². The van der Waals surface area contributed by atoms with Crippen molar-refractivity contribution < 1.29 is 27.9 Å². The molecule has 0 amide bonds. The normalized spacial score (nSPS) is 22.8. The smallest absolute Gasteiger partial charge is 0.305 e. The van der Waals surface area contributed by atoms with E-state index in [0.29, 0.717) is 44.9 Å². The van der Waals surface area contributed by atoms with Crippen LogP contribution in [0.4, 0.5) is 8.78 Å². The van der Waals surface area contributed by atoms with Gasteiger partial charge >= 0.3 is 11.9 Å². The van der Waals surface area contributed by atoms with Gasteiger partial charge in [-0.3, -0.25) is 14.4 Å². The van der Waals surface area contributed by atoms with Gasteiger partial charge in [-0.2, -0.15) is 21.4 Å². The summed E-state index contributed by atoms with van der Waals surface area (Å²) in [5.41, 5.74) is 0. The molecule has 7 heteroatoms. The zero-order chi connectivity index (χ0) is 21.2. The van der Waals surface area contributed by atoms with Crippen LogP contribution in [0.25, 0.3) is 0 Å². The minimum absolute atomic E-state index is 0.0782. The van der Waals surface area contributed by atoms with Crippen molar-refractivity contribution in [1.82, 2.24) is 0 Å². The van der Waals surface area contributed by atoms with Crippen LogP contribution >= 0.6 is 12.6 Å². The standard InChI is InChI=1S/C21H32F2O4S/c1-3-4-13-21(22,23)19(25)12-11-16-15(17(24)14-18(16)28)9-7-5-6-8-10-20(26)27-2/h5,7,15-16,18,28H,3-4,6,8-14H2,1-2H3/b7-5-/t15-,16-,18-/m1/s1. The van der Waals surface area contributed by atoms with Crippen LogP contribution in [0.2, 0.25) is 0 Å². The molecule has 0 aliphatic heterocycles. The Balaban J connectivity index is 2.51. The number of ketones is 2. The maximum absolute atomic E-state index is 13.9. The lowest BCUT2D eigenvalue weighted by atomic mass is 9.86. The molecule has 1 aliphatic carbocycles. The molecular formula is C21H32F2O4S. The maximum atomic E-state index is 13.9. The summed E-state index contributed by atoms with van der Waals surface area (Å²) in [5, 5.41) is -0.192. The fraction of sp³-hybridized carbons (Fsp3) is 0.762. The van der Waals surface area contributed by atoms with E-state index < -0.39 is 18.1 Å². The zero-order valence-corrected chi connectivity index (χ0v) is 17.7. The fourth-order valence-electron chi connectivity index (χ4n) is 3.56. The lowest BCUT2D eigenvalue weighted by Crippen LogP contribution is -2.30. The molecule has 3 atom stereocenters. The first kappa shape index (κ1) is 24.8. The van der Waals surface area contributed by atoms with E-state index in [9.17, 15) is 23.2 Å². The molecule has 1 saturated carbocycles. The molecule has 0 aromatic rings. The van der Waals surface area contributed by atoms with E-state index in [1.165, 1.54) is 7.11 Å². The average molecular weight is 419 g/mol. The molecule has 28 heavy (non-hydrogen) atoms. The highest BCUT2D eigenvalue weighted by atomic mass is 32.1. The molecule has 0 radical (unpaired) electrons. The molecule has 4 nitrogen and oxygen atoms in total. The van der Waals surface area contributed by atoms with Crippen molar-refractivity contribution >= 4 is 30.2 Å². The SMILES string of the molecule is CCCCC(F)(F)C(=O)CC[C@H]1[C@H](S)CC(=O)[C@@H]1C/C=C\CCCC(=O)OC. The van der Waals surface area contributed by atoms with E-state index in [-0.39, 0.29) is 41.7 Å². The van der Waals surface area contributed by atoms with Gasteiger partial charge in [0.2, 0.25) is 5.78 Å². The van der Waals surface area contributed by atoms with E-state index in [2.05, 4.69) is 17.4 Å². The van der Waals surface area contributed by atoms with Crippen molar-refractivity contribution in [2.45, 2.75) is 82.3 Å². The van der Waals surface area contributed by atoms with E-state index in [1.54, 1.807) is 0 Å². The highest BCUT2D eigenvalue weighted by molar-refractivity contribution is 7.81. The van der Waals surface area contributed by atoms with Gasteiger partial charge in [0, 0.05) is 36.9 Å². The Kier molecular flexibility index (Phi) is 10.9. The first-order valence-corrected chi connectivity index (χ1v) is 10.6. The first-order valence-electron chi connectivity index (χ1n) is 10.1. The molecule has 0 unspecified atom stereocenters. The summed E-state index contributed by atoms with van der Waals surface area (Å²) < 4.78 is 32.3. The molecule has 0 bridgehead atoms. The number of halogens is 2. The number of esters is 1. The topological polar surface area (TPSA) is 60.4 Å². The van der Waals surface area contributed by atoms with Gasteiger partial charge in [0.25, 0.3) is 0 Å². The highest BCUT2D eigenvalue weighted by Crippen LogP contribution is 2.39. The molecule has 1 rings (SSSR count). The number of alkyl halides is 2. The van der Waals surface area contributed by atoms with Crippen LogP contribution in [0.15, 0.2) is 12.2 Å². The molecule has 0 saturated heterocycles. The van der Waals surface area contributed by atoms with Gasteiger partial charge in [0.15, 0.2) is 0 Å². The number of rotatable bonds is 13. The van der Waals surface area contributed by atoms with Crippen LogP contribution in [0.1, 0.15) is 71.1 Å². The number of carbonyl (C=O) groups is 3. The van der Waals surface area contributed by atoms with Crippen molar-refractivity contribution in [2.24, 2.45) is 11.8 Å². The van der Waals surface area contributed by atoms with Crippen molar-refractivity contribution in [2.75, 3.05) is 7.11 Å². The van der Waals surface area contributed by atoms with Gasteiger partial charge in [0.1, 0.15) is 5.78 Å². The number of allylic oxidation sites excluding steroid dienone is 2. The number of methoxy groups -OCH3 is 1. The monoisotopic (exact) mass is 418 g/mol. The lowest BCUT2D eigenvalue weighted by Gasteiger charge is -2.21. The third-order valence-corrected chi connectivity index (χ3v) is 5.89. The molecular weight excluding hydrogens is 386 g/mol. The Morgan fingerprint density at radius 3 is 2.61 bits per heavy atom. The van der Waals surface area contributed by atoms with Gasteiger partial charge < -0.3 is 4.74 Å². The number of ether oxygens (including phenoxy) is 1. The van der Waals surface area contributed by atoms with Crippen LogP contribution in [-0.2, 0) is 19.1 Å². The molecule has 0 aromatic heterocycles. The Morgan fingerprint density at radius 2 is 1.96 bits per heavy atom. The van der Waals surface area contributed by atoms with E-state index in [1.807, 2.05) is 19.1 Å². The van der Waals surface area contributed by atoms with E-state index in [0.717, 1.165) is 0 Å². The van der Waals surface area contributed by atoms with Crippen molar-refractivity contribution in [3.63, 3.8) is 0 Å². The summed E-state index contributed by atoms with van der Waals surface area (Å²) in [7, 11) is 1.35. The summed E-state index contributed by atoms with van der Waals surface area (Å²) in [6, 6.07) is 0. The third-order valence-electron chi connectivity index (χ3n) is 5.33. The maximum Gasteiger partial charge on any atom is 0.305 e. The number of unbranched alkanes of at least 4 members (excludes halogenated alkanes) is 2. The Labute approximate surface area is 171 Å². The lowest BCUT2D eigenvalue weighted by molar-refractivity contribution is -0.144. The molecule has 0 heterocycles. The second-order valence-electron chi connectivity index (χ2n) is 7.45. The van der Waals surface area contributed by atoms with Crippen LogP contribution in [0.5, 0.6) is 0 Å². The highest BCUT2D eigenvalue weighted by Gasteiger charge is 2.42. The number of hydrogen-bond acceptors (Lipinski definition) is 5. The number of carbonyl (C=O) groups excluding carboxylic acids is 3. The molecule has 0 aromatic carbocycles. The molecule has 160 valence electrons. The molecule has 0 spiro atoms. The summed E-state index contributed by atoms with van der Waals surface area (Å²) in [6.45, 7) is 1.81. The summed E-state index contributed by atoms with van der Waals surface area (Å²) >= 11 is 4.45. The number of Topliss-reactive ketones (excluding diaryl/α,β-unsaturated/α-hetero) is 2. The van der Waals surface area contributed by atoms with Crippen molar-refractivity contribution in [3.8, 4) is 0 Å². The van der Waals surface area contributed by atoms with Crippen LogP contribution in [-0.4, -0.2) is 35.8 Å². The predicted octanol–water partition coefficient (Wildman–Crippen LogP) is 4.95. The second-order valence-corrected chi connectivity index (χ2v) is 8.12. The third kappa shape index (κ3) is 8.02. The largest absolute Gasteiger partial charge is 0.469 e. The Hall–Kier alpha value is -1.24. The quantitative estimate of drug-likeness (QED) is 0.199. The molecule has 1 aliphatic rings. The van der Waals surface area contributed by atoms with Gasteiger partial charge in [-0.15, -0.1) is 0 Å². The minimum Gasteiger partial charge on any atom is -0.469 e. The first-order chi connectivity index (χ1) is 13.2. The van der Waals surface area contributed by atoms with Gasteiger partial charge in [-0.25, -0.2) is 0 Å². The van der Waals surface area contributed by atoms with Gasteiger partial charge in [0.05, 0.1) is 7.11 Å². The van der Waals surface area contributed by atoms with Crippen LogP contribution in [0.3, 0.4) is 0 Å². The van der Waals surface area contributed by atoms with Crippen LogP contribution < -0.4 is 0 Å².